The topological polar surface area (TPSA) is 122 Å². The second-order valence-corrected chi connectivity index (χ2v) is 9.27. The summed E-state index contributed by atoms with van der Waals surface area (Å²) in [6.45, 7) is 2.48. The standard InChI is InChI=1S/C28H32N6O2/c1-18-31-25-13-7-20(14-26(25)32-18)16-34(28(35)36)17-23-11-12-24(33(2)3)15-22(23)10-6-19-4-8-21(9-5-19)27(29)30/h4-5,7-9,11-15H,6,10,16-17H2,1-3H3,(H3,29,30)(H,31,32)(H,35,36). The molecule has 4 rings (SSSR count). The number of rotatable bonds is 9. The van der Waals surface area contributed by atoms with Gasteiger partial charge in [0.25, 0.3) is 0 Å². The number of fused-ring (bicyclic) bond motifs is 1. The third-order valence-electron chi connectivity index (χ3n) is 6.32. The number of hydrogen-bond donors (Lipinski definition) is 4. The predicted molar refractivity (Wildman–Crippen MR) is 144 cm³/mol. The molecule has 186 valence electrons. The summed E-state index contributed by atoms with van der Waals surface area (Å²) in [5.41, 5.74) is 13.3. The summed E-state index contributed by atoms with van der Waals surface area (Å²) >= 11 is 0. The van der Waals surface area contributed by atoms with Gasteiger partial charge in [-0.1, -0.05) is 36.4 Å². The van der Waals surface area contributed by atoms with Gasteiger partial charge < -0.3 is 20.7 Å². The van der Waals surface area contributed by atoms with Crippen molar-refractivity contribution in [1.29, 1.82) is 5.41 Å². The summed E-state index contributed by atoms with van der Waals surface area (Å²) in [6, 6.07) is 19.7. The lowest BCUT2D eigenvalue weighted by molar-refractivity contribution is 0.139. The van der Waals surface area contributed by atoms with Crippen molar-refractivity contribution < 1.29 is 9.90 Å². The van der Waals surface area contributed by atoms with Crippen molar-refractivity contribution in [3.8, 4) is 0 Å². The molecule has 0 fully saturated rings. The maximum Gasteiger partial charge on any atom is 0.407 e. The number of amidine groups is 1. The summed E-state index contributed by atoms with van der Waals surface area (Å²) in [5, 5.41) is 17.6. The average molecular weight is 485 g/mol. The van der Waals surface area contributed by atoms with E-state index in [0.717, 1.165) is 57.6 Å². The fraction of sp³-hybridized carbons (Fsp3) is 0.250. The second kappa shape index (κ2) is 10.5. The van der Waals surface area contributed by atoms with E-state index in [2.05, 4.69) is 16.0 Å². The van der Waals surface area contributed by atoms with Crippen LogP contribution in [0.2, 0.25) is 0 Å². The first kappa shape index (κ1) is 24.8. The van der Waals surface area contributed by atoms with Crippen LogP contribution in [0.1, 0.15) is 33.6 Å². The van der Waals surface area contributed by atoms with Gasteiger partial charge in [0.05, 0.1) is 11.0 Å². The molecule has 0 saturated carbocycles. The van der Waals surface area contributed by atoms with E-state index in [0.29, 0.717) is 12.1 Å². The van der Waals surface area contributed by atoms with Gasteiger partial charge in [0, 0.05) is 38.4 Å². The van der Waals surface area contributed by atoms with E-state index in [1.54, 1.807) is 0 Å². The van der Waals surface area contributed by atoms with Gasteiger partial charge in [0.15, 0.2) is 0 Å². The van der Waals surface area contributed by atoms with Crippen molar-refractivity contribution in [3.05, 3.63) is 94.3 Å². The molecular formula is C28H32N6O2. The van der Waals surface area contributed by atoms with Crippen molar-refractivity contribution in [2.45, 2.75) is 32.9 Å². The number of nitrogens with zero attached hydrogens (tertiary/aromatic N) is 3. The Hall–Kier alpha value is -4.33. The number of nitrogens with one attached hydrogen (secondary N) is 2. The number of anilines is 1. The predicted octanol–water partition coefficient (Wildman–Crippen LogP) is 4.69. The van der Waals surface area contributed by atoms with E-state index in [1.807, 2.05) is 80.5 Å². The van der Waals surface area contributed by atoms with E-state index in [1.165, 1.54) is 4.90 Å². The number of carboxylic acid groups (broad SMARTS) is 1. The smallest absolute Gasteiger partial charge is 0.407 e. The molecule has 0 atom stereocenters. The number of H-pyrrole nitrogens is 1. The van der Waals surface area contributed by atoms with Crippen molar-refractivity contribution in [3.63, 3.8) is 0 Å². The van der Waals surface area contributed by atoms with Crippen LogP contribution in [0.5, 0.6) is 0 Å². The summed E-state index contributed by atoms with van der Waals surface area (Å²) in [5.74, 6) is 0.886. The van der Waals surface area contributed by atoms with Crippen LogP contribution in [-0.4, -0.2) is 46.0 Å². The van der Waals surface area contributed by atoms with Crippen LogP contribution in [0.4, 0.5) is 10.5 Å². The lowest BCUT2D eigenvalue weighted by Crippen LogP contribution is -2.29. The second-order valence-electron chi connectivity index (χ2n) is 9.27. The van der Waals surface area contributed by atoms with Gasteiger partial charge >= 0.3 is 6.09 Å². The zero-order valence-corrected chi connectivity index (χ0v) is 20.9. The van der Waals surface area contributed by atoms with Gasteiger partial charge in [-0.15, -0.1) is 0 Å². The number of benzene rings is 3. The number of aryl methyl sites for hydroxylation is 3. The summed E-state index contributed by atoms with van der Waals surface area (Å²) < 4.78 is 0. The van der Waals surface area contributed by atoms with E-state index in [-0.39, 0.29) is 12.4 Å². The lowest BCUT2D eigenvalue weighted by Gasteiger charge is -2.23. The zero-order valence-electron chi connectivity index (χ0n) is 20.9. The van der Waals surface area contributed by atoms with Crippen LogP contribution in [0.25, 0.3) is 11.0 Å². The molecule has 0 unspecified atom stereocenters. The number of carbonyl (C=O) groups is 1. The minimum absolute atomic E-state index is 0.0538. The number of amides is 1. The van der Waals surface area contributed by atoms with Gasteiger partial charge in [-0.25, -0.2) is 9.78 Å². The highest BCUT2D eigenvalue weighted by Gasteiger charge is 2.17. The molecule has 0 bridgehead atoms. The molecule has 1 aromatic heterocycles. The van der Waals surface area contributed by atoms with Crippen molar-refractivity contribution >= 4 is 28.6 Å². The highest BCUT2D eigenvalue weighted by molar-refractivity contribution is 5.94. The molecule has 8 nitrogen and oxygen atoms in total. The third kappa shape index (κ3) is 5.83. The van der Waals surface area contributed by atoms with Gasteiger partial charge in [-0.2, -0.15) is 0 Å². The molecule has 0 radical (unpaired) electrons. The SMILES string of the molecule is Cc1nc2ccc(CN(Cc3ccc(N(C)C)cc3CCc3ccc(C(=N)N)cc3)C(=O)O)cc2[nH]1. The molecule has 8 heteroatoms. The largest absolute Gasteiger partial charge is 0.465 e. The molecule has 4 aromatic rings. The molecule has 0 saturated heterocycles. The fourth-order valence-electron chi connectivity index (χ4n) is 4.31. The number of nitrogen functional groups attached to an aromatic ring is 1. The first-order chi connectivity index (χ1) is 17.2. The Morgan fingerprint density at radius 3 is 2.36 bits per heavy atom. The normalized spacial score (nSPS) is 11.0. The van der Waals surface area contributed by atoms with Crippen LogP contribution in [0.15, 0.2) is 60.7 Å². The van der Waals surface area contributed by atoms with E-state index < -0.39 is 6.09 Å². The minimum Gasteiger partial charge on any atom is -0.465 e. The molecule has 0 aliphatic carbocycles. The molecule has 5 N–H and O–H groups in total. The van der Waals surface area contributed by atoms with Gasteiger partial charge in [0.2, 0.25) is 0 Å². The van der Waals surface area contributed by atoms with Crippen LogP contribution in [-0.2, 0) is 25.9 Å². The molecule has 36 heavy (non-hydrogen) atoms. The fourth-order valence-corrected chi connectivity index (χ4v) is 4.31. The Morgan fingerprint density at radius 1 is 0.972 bits per heavy atom. The quantitative estimate of drug-likeness (QED) is 0.203. The van der Waals surface area contributed by atoms with Crippen molar-refractivity contribution in [2.75, 3.05) is 19.0 Å². The number of aromatic amines is 1. The third-order valence-corrected chi connectivity index (χ3v) is 6.32. The first-order valence-electron chi connectivity index (χ1n) is 11.8. The monoisotopic (exact) mass is 484 g/mol. The van der Waals surface area contributed by atoms with Crippen LogP contribution in [0.3, 0.4) is 0 Å². The summed E-state index contributed by atoms with van der Waals surface area (Å²) in [7, 11) is 3.99. The number of hydrogen-bond acceptors (Lipinski definition) is 4. The first-order valence-corrected chi connectivity index (χ1v) is 11.8. The summed E-state index contributed by atoms with van der Waals surface area (Å²) in [6.07, 6.45) is 0.604. The van der Waals surface area contributed by atoms with E-state index in [9.17, 15) is 9.90 Å². The Bertz CT molecular complexity index is 1390. The van der Waals surface area contributed by atoms with Gasteiger partial charge in [-0.05, 0) is 66.3 Å². The zero-order chi connectivity index (χ0) is 25.8. The molecule has 3 aromatic carbocycles. The Morgan fingerprint density at radius 2 is 1.69 bits per heavy atom. The van der Waals surface area contributed by atoms with Gasteiger partial charge in [-0.3, -0.25) is 10.3 Å². The molecular weight excluding hydrogens is 452 g/mol. The van der Waals surface area contributed by atoms with Crippen LogP contribution < -0.4 is 10.6 Å². The van der Waals surface area contributed by atoms with Crippen molar-refractivity contribution in [1.82, 2.24) is 14.9 Å². The molecule has 0 aliphatic heterocycles. The van der Waals surface area contributed by atoms with E-state index >= 15 is 0 Å². The minimum atomic E-state index is -0.960. The Labute approximate surface area is 210 Å². The molecule has 0 aliphatic rings. The maximum atomic E-state index is 12.2. The molecule has 1 amide bonds. The maximum absolute atomic E-state index is 12.2. The number of nitrogens with two attached hydrogens (primary N) is 1. The van der Waals surface area contributed by atoms with Crippen LogP contribution in [0, 0.1) is 12.3 Å². The number of imidazole rings is 1. The molecule has 1 heterocycles. The lowest BCUT2D eigenvalue weighted by atomic mass is 9.97. The number of aromatic nitrogens is 2. The van der Waals surface area contributed by atoms with E-state index in [4.69, 9.17) is 11.1 Å². The van der Waals surface area contributed by atoms with Crippen LogP contribution >= 0.6 is 0 Å². The van der Waals surface area contributed by atoms with Gasteiger partial charge in [0.1, 0.15) is 11.7 Å². The Kier molecular flexibility index (Phi) is 7.24. The summed E-state index contributed by atoms with van der Waals surface area (Å²) in [4.78, 5) is 23.3. The average Bonchev–Trinajstić information content (AvgIpc) is 3.22. The highest BCUT2D eigenvalue weighted by atomic mass is 16.4. The molecule has 0 spiro atoms. The van der Waals surface area contributed by atoms with Crippen molar-refractivity contribution in [2.24, 2.45) is 5.73 Å². The Balaban J connectivity index is 1.55. The highest BCUT2D eigenvalue weighted by Crippen LogP contribution is 2.23.